The Morgan fingerprint density at radius 1 is 0.815 bits per heavy atom. The van der Waals surface area contributed by atoms with Crippen LogP contribution in [0.15, 0.2) is 72.8 Å². The zero-order chi connectivity index (χ0) is 19.2. The molecule has 3 aromatic rings. The maximum atomic E-state index is 12.4. The van der Waals surface area contributed by atoms with Crippen molar-refractivity contribution in [3.63, 3.8) is 0 Å². The first kappa shape index (κ1) is 18.4. The molecular formula is C23H21NO3. The van der Waals surface area contributed by atoms with Crippen molar-refractivity contribution in [1.82, 2.24) is 0 Å². The first-order valence-electron chi connectivity index (χ1n) is 8.73. The molecule has 0 spiro atoms. The zero-order valence-corrected chi connectivity index (χ0v) is 15.4. The van der Waals surface area contributed by atoms with E-state index in [0.717, 1.165) is 16.8 Å². The highest BCUT2D eigenvalue weighted by Crippen LogP contribution is 2.18. The quantitative estimate of drug-likeness (QED) is 0.657. The van der Waals surface area contributed by atoms with Gasteiger partial charge in [-0.15, -0.1) is 0 Å². The predicted octanol–water partition coefficient (Wildman–Crippen LogP) is 4.55. The molecular weight excluding hydrogens is 338 g/mol. The van der Waals surface area contributed by atoms with E-state index in [0.29, 0.717) is 16.9 Å². The molecule has 0 fully saturated rings. The van der Waals surface area contributed by atoms with Crippen LogP contribution in [0.4, 0.5) is 5.69 Å². The lowest BCUT2D eigenvalue weighted by molar-refractivity contribution is -0.118. The molecule has 0 radical (unpaired) electrons. The van der Waals surface area contributed by atoms with Crippen LogP contribution in [-0.4, -0.2) is 18.3 Å². The minimum atomic E-state index is -0.229. The minimum absolute atomic E-state index is 0.0465. The SMILES string of the molecule is Cc1cccc(NC(=O)COc2ccc(C(=O)c3ccccc3)cc2)c1C. The van der Waals surface area contributed by atoms with Crippen LogP contribution in [0.5, 0.6) is 5.75 Å². The van der Waals surface area contributed by atoms with E-state index in [-0.39, 0.29) is 18.3 Å². The Bertz CT molecular complexity index is 947. The number of aryl methyl sites for hydroxylation is 1. The lowest BCUT2D eigenvalue weighted by Crippen LogP contribution is -2.20. The minimum Gasteiger partial charge on any atom is -0.484 e. The summed E-state index contributed by atoms with van der Waals surface area (Å²) in [6.07, 6.45) is 0. The molecule has 27 heavy (non-hydrogen) atoms. The second-order valence-electron chi connectivity index (χ2n) is 6.30. The number of hydrogen-bond acceptors (Lipinski definition) is 3. The molecule has 4 heteroatoms. The van der Waals surface area contributed by atoms with Crippen LogP contribution in [0, 0.1) is 13.8 Å². The Morgan fingerprint density at radius 3 is 2.19 bits per heavy atom. The Labute approximate surface area is 158 Å². The highest BCUT2D eigenvalue weighted by Gasteiger charge is 2.10. The molecule has 0 aliphatic heterocycles. The molecule has 0 aliphatic rings. The predicted molar refractivity (Wildman–Crippen MR) is 106 cm³/mol. The molecule has 0 unspecified atom stereocenters. The summed E-state index contributed by atoms with van der Waals surface area (Å²) in [5, 5.41) is 2.85. The number of amides is 1. The van der Waals surface area contributed by atoms with E-state index in [1.165, 1.54) is 0 Å². The van der Waals surface area contributed by atoms with E-state index in [1.807, 2.05) is 50.2 Å². The lowest BCUT2D eigenvalue weighted by atomic mass is 10.0. The maximum Gasteiger partial charge on any atom is 0.262 e. The topological polar surface area (TPSA) is 55.4 Å². The first-order valence-corrected chi connectivity index (χ1v) is 8.73. The highest BCUT2D eigenvalue weighted by atomic mass is 16.5. The number of hydrogen-bond donors (Lipinski definition) is 1. The van der Waals surface area contributed by atoms with Gasteiger partial charge in [-0.1, -0.05) is 42.5 Å². The van der Waals surface area contributed by atoms with Crippen molar-refractivity contribution in [3.05, 3.63) is 95.1 Å². The summed E-state index contributed by atoms with van der Waals surface area (Å²) in [7, 11) is 0. The van der Waals surface area contributed by atoms with Gasteiger partial charge in [0.15, 0.2) is 12.4 Å². The van der Waals surface area contributed by atoms with Gasteiger partial charge in [0, 0.05) is 16.8 Å². The normalized spacial score (nSPS) is 10.3. The smallest absolute Gasteiger partial charge is 0.262 e. The Kier molecular flexibility index (Phi) is 5.67. The number of rotatable bonds is 6. The fourth-order valence-corrected chi connectivity index (χ4v) is 2.68. The van der Waals surface area contributed by atoms with Crippen LogP contribution in [0.2, 0.25) is 0 Å². The number of ketones is 1. The number of carbonyl (C=O) groups excluding carboxylic acids is 2. The summed E-state index contributed by atoms with van der Waals surface area (Å²) >= 11 is 0. The van der Waals surface area contributed by atoms with Gasteiger partial charge in [-0.3, -0.25) is 9.59 Å². The number of carbonyl (C=O) groups is 2. The van der Waals surface area contributed by atoms with E-state index >= 15 is 0 Å². The Morgan fingerprint density at radius 2 is 1.48 bits per heavy atom. The molecule has 3 aromatic carbocycles. The number of benzene rings is 3. The van der Waals surface area contributed by atoms with Crippen LogP contribution in [0.25, 0.3) is 0 Å². The zero-order valence-electron chi connectivity index (χ0n) is 15.4. The lowest BCUT2D eigenvalue weighted by Gasteiger charge is -2.11. The molecule has 1 amide bonds. The van der Waals surface area contributed by atoms with Crippen molar-refractivity contribution in [2.75, 3.05) is 11.9 Å². The Balaban J connectivity index is 1.58. The van der Waals surface area contributed by atoms with Gasteiger partial charge >= 0.3 is 0 Å². The van der Waals surface area contributed by atoms with Crippen molar-refractivity contribution in [2.24, 2.45) is 0 Å². The molecule has 0 aliphatic carbocycles. The van der Waals surface area contributed by atoms with Crippen LogP contribution < -0.4 is 10.1 Å². The average Bonchev–Trinajstić information content (AvgIpc) is 2.70. The van der Waals surface area contributed by atoms with Crippen molar-refractivity contribution < 1.29 is 14.3 Å². The molecule has 0 aromatic heterocycles. The summed E-state index contributed by atoms with van der Waals surface area (Å²) in [6, 6.07) is 21.7. The van der Waals surface area contributed by atoms with E-state index < -0.39 is 0 Å². The summed E-state index contributed by atoms with van der Waals surface area (Å²) in [6.45, 7) is 3.87. The highest BCUT2D eigenvalue weighted by molar-refractivity contribution is 6.09. The van der Waals surface area contributed by atoms with Crippen LogP contribution in [-0.2, 0) is 4.79 Å². The maximum absolute atomic E-state index is 12.4. The monoisotopic (exact) mass is 359 g/mol. The fraction of sp³-hybridized carbons (Fsp3) is 0.130. The van der Waals surface area contributed by atoms with E-state index in [1.54, 1.807) is 36.4 Å². The second-order valence-corrected chi connectivity index (χ2v) is 6.30. The van der Waals surface area contributed by atoms with E-state index in [9.17, 15) is 9.59 Å². The molecule has 3 rings (SSSR count). The largest absolute Gasteiger partial charge is 0.484 e. The first-order chi connectivity index (χ1) is 13.0. The summed E-state index contributed by atoms with van der Waals surface area (Å²) in [5.74, 6) is 0.263. The fourth-order valence-electron chi connectivity index (χ4n) is 2.68. The second kappa shape index (κ2) is 8.32. The third-order valence-corrected chi connectivity index (χ3v) is 4.40. The standard InChI is InChI=1S/C23H21NO3/c1-16-7-6-10-21(17(16)2)24-22(25)15-27-20-13-11-19(12-14-20)23(26)18-8-4-3-5-9-18/h3-14H,15H2,1-2H3,(H,24,25). The molecule has 0 atom stereocenters. The summed E-state index contributed by atoms with van der Waals surface area (Å²) in [4.78, 5) is 24.5. The average molecular weight is 359 g/mol. The molecule has 136 valence electrons. The molecule has 1 N–H and O–H groups in total. The van der Waals surface area contributed by atoms with Gasteiger partial charge in [-0.05, 0) is 55.3 Å². The van der Waals surface area contributed by atoms with Crippen LogP contribution >= 0.6 is 0 Å². The molecule has 0 heterocycles. The van der Waals surface area contributed by atoms with Gasteiger partial charge in [0.05, 0.1) is 0 Å². The van der Waals surface area contributed by atoms with Crippen molar-refractivity contribution in [3.8, 4) is 5.75 Å². The van der Waals surface area contributed by atoms with Gasteiger partial charge in [-0.2, -0.15) is 0 Å². The van der Waals surface area contributed by atoms with Gasteiger partial charge in [0.1, 0.15) is 5.75 Å². The van der Waals surface area contributed by atoms with Crippen molar-refractivity contribution >= 4 is 17.4 Å². The molecule has 4 nitrogen and oxygen atoms in total. The van der Waals surface area contributed by atoms with Gasteiger partial charge in [-0.25, -0.2) is 0 Å². The van der Waals surface area contributed by atoms with Crippen molar-refractivity contribution in [2.45, 2.75) is 13.8 Å². The van der Waals surface area contributed by atoms with E-state index in [2.05, 4.69) is 5.32 Å². The van der Waals surface area contributed by atoms with Gasteiger partial charge in [0.25, 0.3) is 5.91 Å². The van der Waals surface area contributed by atoms with Crippen LogP contribution in [0.1, 0.15) is 27.0 Å². The van der Waals surface area contributed by atoms with E-state index in [4.69, 9.17) is 4.74 Å². The van der Waals surface area contributed by atoms with Crippen LogP contribution in [0.3, 0.4) is 0 Å². The van der Waals surface area contributed by atoms with Crippen molar-refractivity contribution in [1.29, 1.82) is 0 Å². The molecule has 0 saturated carbocycles. The summed E-state index contributed by atoms with van der Waals surface area (Å²) < 4.78 is 5.53. The molecule has 0 bridgehead atoms. The number of ether oxygens (including phenoxy) is 1. The van der Waals surface area contributed by atoms with Gasteiger partial charge < -0.3 is 10.1 Å². The van der Waals surface area contributed by atoms with Gasteiger partial charge in [0.2, 0.25) is 0 Å². The molecule has 0 saturated heterocycles. The number of nitrogens with one attached hydrogen (secondary N) is 1. The summed E-state index contributed by atoms with van der Waals surface area (Å²) in [5.41, 5.74) is 4.15. The third kappa shape index (κ3) is 4.61. The Hall–Kier alpha value is -3.40. The third-order valence-electron chi connectivity index (χ3n) is 4.40. The number of anilines is 1.